The molecule has 4 nitrogen and oxygen atoms in total. The number of aromatic carboxylic acids is 1. The van der Waals surface area contributed by atoms with E-state index in [1.54, 1.807) is 26.1 Å². The van der Waals surface area contributed by atoms with Gasteiger partial charge in [0.2, 0.25) is 0 Å². The molecule has 0 fully saturated rings. The molecule has 2 aromatic carbocycles. The van der Waals surface area contributed by atoms with Gasteiger partial charge in [0.05, 0.1) is 5.56 Å². The van der Waals surface area contributed by atoms with Crippen LogP contribution in [0.25, 0.3) is 0 Å². The minimum atomic E-state index is -1.02. The zero-order valence-electron chi connectivity index (χ0n) is 11.6. The number of rotatable bonds is 3. The van der Waals surface area contributed by atoms with E-state index in [-0.39, 0.29) is 11.5 Å². The molecule has 5 heteroatoms. The SMILES string of the molecule is Cc1cc(F)ccc1C(=O)N(C)c1ccc(C(=O)O)cc1. The Bertz CT molecular complexity index is 695. The molecule has 0 atom stereocenters. The highest BCUT2D eigenvalue weighted by molar-refractivity contribution is 6.06. The number of anilines is 1. The summed E-state index contributed by atoms with van der Waals surface area (Å²) in [5.41, 5.74) is 1.67. The van der Waals surface area contributed by atoms with Crippen molar-refractivity contribution in [3.63, 3.8) is 0 Å². The monoisotopic (exact) mass is 287 g/mol. The van der Waals surface area contributed by atoms with Gasteiger partial charge < -0.3 is 10.0 Å². The number of amides is 1. The summed E-state index contributed by atoms with van der Waals surface area (Å²) in [5.74, 6) is -1.70. The van der Waals surface area contributed by atoms with Gasteiger partial charge in [-0.2, -0.15) is 0 Å². The zero-order valence-corrected chi connectivity index (χ0v) is 11.6. The minimum Gasteiger partial charge on any atom is -0.478 e. The Morgan fingerprint density at radius 3 is 2.24 bits per heavy atom. The number of nitrogens with zero attached hydrogens (tertiary/aromatic N) is 1. The van der Waals surface area contributed by atoms with Gasteiger partial charge in [0.1, 0.15) is 5.82 Å². The van der Waals surface area contributed by atoms with Gasteiger partial charge in [0.15, 0.2) is 0 Å². The normalized spacial score (nSPS) is 10.2. The topological polar surface area (TPSA) is 57.6 Å². The van der Waals surface area contributed by atoms with Crippen LogP contribution in [0.2, 0.25) is 0 Å². The number of carbonyl (C=O) groups is 2. The van der Waals surface area contributed by atoms with E-state index in [2.05, 4.69) is 0 Å². The Morgan fingerprint density at radius 1 is 1.10 bits per heavy atom. The van der Waals surface area contributed by atoms with Gasteiger partial charge in [-0.15, -0.1) is 0 Å². The van der Waals surface area contributed by atoms with Gasteiger partial charge in [0, 0.05) is 18.3 Å². The molecule has 0 aliphatic carbocycles. The van der Waals surface area contributed by atoms with Gasteiger partial charge in [-0.25, -0.2) is 9.18 Å². The predicted molar refractivity (Wildman–Crippen MR) is 77.3 cm³/mol. The maximum atomic E-state index is 13.1. The quantitative estimate of drug-likeness (QED) is 0.943. The second-order valence-electron chi connectivity index (χ2n) is 4.68. The lowest BCUT2D eigenvalue weighted by molar-refractivity contribution is 0.0696. The molecule has 2 aromatic rings. The molecule has 0 saturated heterocycles. The standard InChI is InChI=1S/C16H14FNO3/c1-10-9-12(17)5-8-14(10)15(19)18(2)13-6-3-11(4-7-13)16(20)21/h3-9H,1-2H3,(H,20,21). The van der Waals surface area contributed by atoms with Gasteiger partial charge in [0.25, 0.3) is 5.91 Å². The van der Waals surface area contributed by atoms with Crippen molar-refractivity contribution in [2.75, 3.05) is 11.9 Å². The third-order valence-corrected chi connectivity index (χ3v) is 3.23. The molecule has 1 N–H and O–H groups in total. The van der Waals surface area contributed by atoms with Crippen LogP contribution in [0.3, 0.4) is 0 Å². The Kier molecular flexibility index (Phi) is 4.03. The smallest absolute Gasteiger partial charge is 0.335 e. The Hall–Kier alpha value is -2.69. The highest BCUT2D eigenvalue weighted by atomic mass is 19.1. The molecule has 21 heavy (non-hydrogen) atoms. The summed E-state index contributed by atoms with van der Waals surface area (Å²) in [5, 5.41) is 8.85. The van der Waals surface area contributed by atoms with Crippen molar-refractivity contribution in [2.24, 2.45) is 0 Å². The number of carboxylic acid groups (broad SMARTS) is 1. The van der Waals surface area contributed by atoms with Crippen molar-refractivity contribution in [1.29, 1.82) is 0 Å². The lowest BCUT2D eigenvalue weighted by atomic mass is 10.1. The molecule has 0 aromatic heterocycles. The number of benzene rings is 2. The first-order valence-corrected chi connectivity index (χ1v) is 6.27. The fourth-order valence-corrected chi connectivity index (χ4v) is 1.99. The number of halogens is 1. The van der Waals surface area contributed by atoms with Crippen LogP contribution in [0.4, 0.5) is 10.1 Å². The Balaban J connectivity index is 2.28. The number of hydrogen-bond donors (Lipinski definition) is 1. The van der Waals surface area contributed by atoms with Crippen LogP contribution in [-0.4, -0.2) is 24.0 Å². The first kappa shape index (κ1) is 14.7. The van der Waals surface area contributed by atoms with E-state index < -0.39 is 11.8 Å². The average molecular weight is 287 g/mol. The van der Waals surface area contributed by atoms with Crippen molar-refractivity contribution >= 4 is 17.6 Å². The lowest BCUT2D eigenvalue weighted by Crippen LogP contribution is -2.27. The fourth-order valence-electron chi connectivity index (χ4n) is 1.99. The largest absolute Gasteiger partial charge is 0.478 e. The van der Waals surface area contributed by atoms with E-state index >= 15 is 0 Å². The summed E-state index contributed by atoms with van der Waals surface area (Å²) < 4.78 is 13.1. The van der Waals surface area contributed by atoms with Crippen LogP contribution in [-0.2, 0) is 0 Å². The maximum absolute atomic E-state index is 13.1. The molecular formula is C16H14FNO3. The second kappa shape index (κ2) is 5.75. The first-order chi connectivity index (χ1) is 9.90. The lowest BCUT2D eigenvalue weighted by Gasteiger charge is -2.18. The van der Waals surface area contributed by atoms with Crippen molar-refractivity contribution in [3.8, 4) is 0 Å². The van der Waals surface area contributed by atoms with Crippen LogP contribution in [0.15, 0.2) is 42.5 Å². The molecule has 1 amide bonds. The van der Waals surface area contributed by atoms with Gasteiger partial charge in [-0.1, -0.05) is 0 Å². The molecule has 0 radical (unpaired) electrons. The van der Waals surface area contributed by atoms with Crippen LogP contribution >= 0.6 is 0 Å². The van der Waals surface area contributed by atoms with Crippen molar-refractivity contribution in [2.45, 2.75) is 6.92 Å². The second-order valence-corrected chi connectivity index (χ2v) is 4.68. The van der Waals surface area contributed by atoms with Crippen LogP contribution in [0.5, 0.6) is 0 Å². The van der Waals surface area contributed by atoms with E-state index in [0.29, 0.717) is 16.8 Å². The van der Waals surface area contributed by atoms with Gasteiger partial charge in [-0.3, -0.25) is 4.79 Å². The van der Waals surface area contributed by atoms with Crippen LogP contribution in [0.1, 0.15) is 26.3 Å². The number of carbonyl (C=O) groups excluding carboxylic acids is 1. The molecular weight excluding hydrogens is 273 g/mol. The molecule has 2 rings (SSSR count). The molecule has 0 unspecified atom stereocenters. The van der Waals surface area contributed by atoms with Crippen molar-refractivity contribution < 1.29 is 19.1 Å². The van der Waals surface area contributed by atoms with E-state index in [1.165, 1.54) is 35.2 Å². The highest BCUT2D eigenvalue weighted by Crippen LogP contribution is 2.19. The number of hydrogen-bond acceptors (Lipinski definition) is 2. The molecule has 0 spiro atoms. The molecule has 0 saturated carbocycles. The molecule has 0 bridgehead atoms. The minimum absolute atomic E-state index is 0.151. The summed E-state index contributed by atoms with van der Waals surface area (Å²) in [6.45, 7) is 1.66. The van der Waals surface area contributed by atoms with E-state index in [9.17, 15) is 14.0 Å². The van der Waals surface area contributed by atoms with E-state index in [0.717, 1.165) is 0 Å². The maximum Gasteiger partial charge on any atom is 0.335 e. The third-order valence-electron chi connectivity index (χ3n) is 3.23. The van der Waals surface area contributed by atoms with Crippen molar-refractivity contribution in [1.82, 2.24) is 0 Å². The number of carboxylic acids is 1. The number of aryl methyl sites for hydroxylation is 1. The predicted octanol–water partition coefficient (Wildman–Crippen LogP) is 3.11. The van der Waals surface area contributed by atoms with E-state index in [1.807, 2.05) is 0 Å². The molecule has 0 aliphatic rings. The van der Waals surface area contributed by atoms with Crippen LogP contribution < -0.4 is 4.90 Å². The summed E-state index contributed by atoms with van der Waals surface area (Å²) in [6, 6.07) is 9.95. The first-order valence-electron chi connectivity index (χ1n) is 6.27. The summed E-state index contributed by atoms with van der Waals surface area (Å²) in [4.78, 5) is 24.6. The van der Waals surface area contributed by atoms with Crippen LogP contribution in [0, 0.1) is 12.7 Å². The third kappa shape index (κ3) is 3.08. The fraction of sp³-hybridized carbons (Fsp3) is 0.125. The van der Waals surface area contributed by atoms with Gasteiger partial charge in [-0.05, 0) is 55.0 Å². The highest BCUT2D eigenvalue weighted by Gasteiger charge is 2.16. The van der Waals surface area contributed by atoms with E-state index in [4.69, 9.17) is 5.11 Å². The van der Waals surface area contributed by atoms with Crippen molar-refractivity contribution in [3.05, 3.63) is 65.0 Å². The molecule has 0 aliphatic heterocycles. The Morgan fingerprint density at radius 2 is 1.71 bits per heavy atom. The summed E-state index contributed by atoms with van der Waals surface area (Å²) in [7, 11) is 1.58. The Labute approximate surface area is 121 Å². The summed E-state index contributed by atoms with van der Waals surface area (Å²) in [6.07, 6.45) is 0. The zero-order chi connectivity index (χ0) is 15.6. The molecule has 0 heterocycles. The molecule has 108 valence electrons. The summed E-state index contributed by atoms with van der Waals surface area (Å²) >= 11 is 0. The van der Waals surface area contributed by atoms with Gasteiger partial charge >= 0.3 is 5.97 Å². The average Bonchev–Trinajstić information content (AvgIpc) is 2.46.